The fraction of sp³-hybridized carbons (Fsp3) is 0.400. The molecule has 0 aromatic carbocycles. The van der Waals surface area contributed by atoms with Gasteiger partial charge in [-0.1, -0.05) is 0 Å². The van der Waals surface area contributed by atoms with Crippen molar-refractivity contribution in [2.24, 2.45) is 0 Å². The second-order valence-corrected chi connectivity index (χ2v) is 3.81. The summed E-state index contributed by atoms with van der Waals surface area (Å²) in [5, 5.41) is 3.61. The molecule has 7 heteroatoms. The second-order valence-electron chi connectivity index (χ2n) is 2.11. The average molecular weight is 355 g/mol. The zero-order chi connectivity index (χ0) is 9.52. The highest BCUT2D eigenvalue weighted by atomic mass is 127. The molecular weight excluding hydrogens is 352 g/mol. The van der Waals surface area contributed by atoms with Crippen LogP contribution in [0.1, 0.15) is 11.4 Å². The van der Waals surface area contributed by atoms with Crippen LogP contribution in [-0.2, 0) is 6.18 Å². The summed E-state index contributed by atoms with van der Waals surface area (Å²) in [6.07, 6.45) is -4.36. The van der Waals surface area contributed by atoms with Gasteiger partial charge in [-0.15, -0.1) is 0 Å². The molecule has 0 radical (unpaired) electrons. The molecule has 1 heterocycles. The minimum atomic E-state index is -4.36. The lowest BCUT2D eigenvalue weighted by atomic mass is 10.4. The monoisotopic (exact) mass is 354 g/mol. The van der Waals surface area contributed by atoms with Crippen LogP contribution in [0.15, 0.2) is 4.47 Å². The Morgan fingerprint density at radius 2 is 2.00 bits per heavy atom. The Hall–Kier alpha value is 0.210. The smallest absolute Gasteiger partial charge is 0.198 e. The van der Waals surface area contributed by atoms with E-state index >= 15 is 0 Å². The van der Waals surface area contributed by atoms with Crippen LogP contribution < -0.4 is 0 Å². The number of alkyl halides is 3. The molecule has 0 bridgehead atoms. The molecule has 2 nitrogen and oxygen atoms in total. The summed E-state index contributed by atoms with van der Waals surface area (Å²) in [6, 6.07) is 0. The quantitative estimate of drug-likeness (QED) is 0.654. The molecule has 0 atom stereocenters. The number of aromatic nitrogens is 2. The van der Waals surface area contributed by atoms with Crippen LogP contribution in [0.25, 0.3) is 0 Å². The van der Waals surface area contributed by atoms with E-state index in [1.54, 1.807) is 0 Å². The fourth-order valence-electron chi connectivity index (χ4n) is 0.707. The van der Waals surface area contributed by atoms with Gasteiger partial charge in [-0.05, 0) is 22.9 Å². The van der Waals surface area contributed by atoms with Crippen molar-refractivity contribution in [3.8, 4) is 0 Å². The van der Waals surface area contributed by atoms with Gasteiger partial charge in [0.15, 0.2) is 5.69 Å². The maximum Gasteiger partial charge on any atom is 0.435 e. The van der Waals surface area contributed by atoms with Gasteiger partial charge in [-0.25, -0.2) is 0 Å². The number of hydrogen-bond acceptors (Lipinski definition) is 1. The summed E-state index contributed by atoms with van der Waals surface area (Å²) >= 11 is 4.32. The minimum absolute atomic E-state index is 0.00407. The van der Waals surface area contributed by atoms with Gasteiger partial charge in [0.05, 0.1) is 33.0 Å². The second kappa shape index (κ2) is 3.17. The van der Waals surface area contributed by atoms with Gasteiger partial charge in [0.2, 0.25) is 0 Å². The van der Waals surface area contributed by atoms with E-state index in [0.29, 0.717) is 5.69 Å². The molecule has 1 rings (SSSR count). The molecule has 12 heavy (non-hydrogen) atoms. The van der Waals surface area contributed by atoms with Crippen molar-refractivity contribution in [1.29, 1.82) is 0 Å². The van der Waals surface area contributed by atoms with E-state index in [4.69, 9.17) is 0 Å². The lowest BCUT2D eigenvalue weighted by Gasteiger charge is -2.04. The Balaban J connectivity index is 3.32. The molecule has 0 aliphatic carbocycles. The highest BCUT2D eigenvalue weighted by Gasteiger charge is 2.38. The number of aryl methyl sites for hydroxylation is 1. The Labute approximate surface area is 88.8 Å². The van der Waals surface area contributed by atoms with Crippen molar-refractivity contribution in [1.82, 2.24) is 7.99 Å². The first kappa shape index (κ1) is 10.3. The highest BCUT2D eigenvalue weighted by molar-refractivity contribution is 14.1. The molecule has 1 aromatic rings. The van der Waals surface area contributed by atoms with E-state index < -0.39 is 11.9 Å². The Bertz CT molecular complexity index is 306. The molecule has 0 aliphatic heterocycles. The molecular formula is C5H3BrF3IN2. The topological polar surface area (TPSA) is 17.8 Å². The summed E-state index contributed by atoms with van der Waals surface area (Å²) in [5.74, 6) is 0. The fourth-order valence-corrected chi connectivity index (χ4v) is 2.35. The number of hydrogen-bond donors (Lipinski definition) is 0. The molecule has 0 spiro atoms. The average Bonchev–Trinajstić information content (AvgIpc) is 2.05. The zero-order valence-corrected chi connectivity index (χ0v) is 9.53. The minimum Gasteiger partial charge on any atom is -0.198 e. The zero-order valence-electron chi connectivity index (χ0n) is 5.78. The summed E-state index contributed by atoms with van der Waals surface area (Å²) in [6.45, 7) is 1.51. The molecule has 0 aliphatic rings. The molecule has 0 N–H and O–H groups in total. The van der Waals surface area contributed by atoms with Gasteiger partial charge in [0, 0.05) is 0 Å². The first-order valence-corrected chi connectivity index (χ1v) is 4.58. The maximum absolute atomic E-state index is 12.2. The van der Waals surface area contributed by atoms with Crippen LogP contribution >= 0.6 is 38.8 Å². The van der Waals surface area contributed by atoms with Crippen molar-refractivity contribution in [3.63, 3.8) is 0 Å². The van der Waals surface area contributed by atoms with Crippen LogP contribution in [0.5, 0.6) is 0 Å². The summed E-state index contributed by atoms with van der Waals surface area (Å²) in [5.41, 5.74) is -0.433. The van der Waals surface area contributed by atoms with Crippen LogP contribution in [0, 0.1) is 6.92 Å². The molecule has 1 aromatic heterocycles. The van der Waals surface area contributed by atoms with Crippen molar-refractivity contribution in [2.45, 2.75) is 13.1 Å². The largest absolute Gasteiger partial charge is 0.435 e. The predicted molar refractivity (Wildman–Crippen MR) is 49.1 cm³/mol. The van der Waals surface area contributed by atoms with E-state index in [2.05, 4.69) is 21.0 Å². The van der Waals surface area contributed by atoms with Gasteiger partial charge in [0.25, 0.3) is 0 Å². The third kappa shape index (κ3) is 1.76. The third-order valence-corrected chi connectivity index (χ3v) is 2.86. The molecule has 0 fully saturated rings. The van der Waals surface area contributed by atoms with Crippen molar-refractivity contribution >= 4 is 38.8 Å². The standard InChI is InChI=1S/C5H3BrF3IN2/c1-2-3(6)4(5(7,8)9)12(10)11-2/h1H3. The van der Waals surface area contributed by atoms with E-state index in [1.165, 1.54) is 29.8 Å². The first-order valence-electron chi connectivity index (χ1n) is 2.82. The lowest BCUT2D eigenvalue weighted by molar-refractivity contribution is -0.142. The first-order chi connectivity index (χ1) is 5.34. The van der Waals surface area contributed by atoms with Gasteiger partial charge in [0.1, 0.15) is 0 Å². The van der Waals surface area contributed by atoms with Crippen LogP contribution in [0.3, 0.4) is 0 Å². The molecule has 0 amide bonds. The third-order valence-electron chi connectivity index (χ3n) is 1.22. The number of nitrogens with zero attached hydrogens (tertiary/aromatic N) is 2. The molecule has 0 unspecified atom stereocenters. The molecule has 68 valence electrons. The van der Waals surface area contributed by atoms with Crippen LogP contribution in [0.4, 0.5) is 13.2 Å². The Kier molecular flexibility index (Phi) is 2.72. The summed E-state index contributed by atoms with van der Waals surface area (Å²) < 4.78 is 37.5. The van der Waals surface area contributed by atoms with Crippen LogP contribution in [0.2, 0.25) is 0 Å². The lowest BCUT2D eigenvalue weighted by Crippen LogP contribution is -2.09. The molecule has 0 saturated carbocycles. The Morgan fingerprint density at radius 1 is 1.50 bits per heavy atom. The van der Waals surface area contributed by atoms with E-state index in [-0.39, 0.29) is 4.47 Å². The van der Waals surface area contributed by atoms with E-state index in [9.17, 15) is 13.2 Å². The number of rotatable bonds is 0. The van der Waals surface area contributed by atoms with Crippen molar-refractivity contribution in [3.05, 3.63) is 15.9 Å². The van der Waals surface area contributed by atoms with E-state index in [0.717, 1.165) is 2.90 Å². The van der Waals surface area contributed by atoms with Gasteiger partial charge in [-0.2, -0.15) is 21.2 Å². The molecule has 0 saturated heterocycles. The maximum atomic E-state index is 12.2. The van der Waals surface area contributed by atoms with Crippen molar-refractivity contribution < 1.29 is 13.2 Å². The highest BCUT2D eigenvalue weighted by Crippen LogP contribution is 2.37. The SMILES string of the molecule is Cc1nn(I)c(C(F)(F)F)c1Br. The Morgan fingerprint density at radius 3 is 2.17 bits per heavy atom. The summed E-state index contributed by atoms with van der Waals surface area (Å²) in [4.78, 5) is 0. The predicted octanol–water partition coefficient (Wildman–Crippen LogP) is 3.17. The van der Waals surface area contributed by atoms with Gasteiger partial charge >= 0.3 is 6.18 Å². The van der Waals surface area contributed by atoms with Gasteiger partial charge in [-0.3, -0.25) is 0 Å². The van der Waals surface area contributed by atoms with Crippen molar-refractivity contribution in [2.75, 3.05) is 0 Å². The van der Waals surface area contributed by atoms with E-state index in [1.807, 2.05) is 0 Å². The number of halogens is 5. The normalized spacial score (nSPS) is 12.2. The summed E-state index contributed by atoms with van der Waals surface area (Å²) in [7, 11) is 0. The van der Waals surface area contributed by atoms with Gasteiger partial charge < -0.3 is 0 Å². The van der Waals surface area contributed by atoms with Crippen LogP contribution in [-0.4, -0.2) is 7.99 Å².